The van der Waals surface area contributed by atoms with Gasteiger partial charge in [0, 0.05) is 6.92 Å². The predicted molar refractivity (Wildman–Crippen MR) is 81.2 cm³/mol. The third kappa shape index (κ3) is 2.13. The van der Waals surface area contributed by atoms with Crippen molar-refractivity contribution in [1.29, 1.82) is 0 Å². The molecule has 0 radical (unpaired) electrons. The van der Waals surface area contributed by atoms with Crippen molar-refractivity contribution >= 4 is 18.8 Å². The third-order valence-electron chi connectivity index (χ3n) is 4.62. The number of nitrogens with zero attached hydrogens (tertiary/aromatic N) is 2. The maximum absolute atomic E-state index is 12.0. The van der Waals surface area contributed by atoms with Gasteiger partial charge in [-0.2, -0.15) is 0 Å². The molecule has 112 valence electrons. The quantitative estimate of drug-likeness (QED) is 0.744. The summed E-state index contributed by atoms with van der Waals surface area (Å²) >= 11 is 0. The minimum Gasteiger partial charge on any atom is -0.383 e. The van der Waals surface area contributed by atoms with Crippen molar-refractivity contribution in [2.45, 2.75) is 52.4 Å². The van der Waals surface area contributed by atoms with Crippen molar-refractivity contribution in [2.24, 2.45) is 0 Å². The lowest BCUT2D eigenvalue weighted by molar-refractivity contribution is -0.129. The maximum atomic E-state index is 12.0. The molecule has 0 aliphatic carbocycles. The van der Waals surface area contributed by atoms with Crippen molar-refractivity contribution in [3.8, 4) is 0 Å². The Morgan fingerprint density at radius 2 is 1.71 bits per heavy atom. The zero-order valence-corrected chi connectivity index (χ0v) is 13.2. The average Bonchev–Trinajstić information content (AvgIpc) is 2.85. The molecule has 0 N–H and O–H groups in total. The van der Waals surface area contributed by atoms with Crippen molar-refractivity contribution in [1.82, 2.24) is 5.01 Å². The molecule has 21 heavy (non-hydrogen) atoms. The highest BCUT2D eigenvalue weighted by Gasteiger charge is 2.57. The monoisotopic (exact) mass is 288 g/mol. The van der Waals surface area contributed by atoms with Crippen LogP contribution in [0.3, 0.4) is 0 Å². The normalized spacial score (nSPS) is 22.6. The van der Waals surface area contributed by atoms with Gasteiger partial charge in [-0.3, -0.25) is 14.7 Å². The van der Waals surface area contributed by atoms with Gasteiger partial charge in [-0.1, -0.05) is 18.2 Å². The van der Waals surface area contributed by atoms with Gasteiger partial charge in [-0.05, 0) is 39.3 Å². The molecule has 1 aromatic carbocycles. The Morgan fingerprint density at radius 1 is 1.14 bits per heavy atom. The molecule has 0 spiro atoms. The van der Waals surface area contributed by atoms with Crippen LogP contribution < -0.4 is 4.92 Å². The molecule has 5 nitrogen and oxygen atoms in total. The smallest absolute Gasteiger partial charge is 0.383 e. The number of para-hydroxylation sites is 1. The molecular weight excluding hydrogens is 267 g/mol. The van der Waals surface area contributed by atoms with E-state index in [1.54, 1.807) is 11.9 Å². The molecule has 2 heterocycles. The lowest BCUT2D eigenvalue weighted by atomic mass is 9.90. The Morgan fingerprint density at radius 3 is 2.29 bits per heavy atom. The van der Waals surface area contributed by atoms with Crippen LogP contribution in [0.2, 0.25) is 0 Å². The number of hydrogen-bond donors (Lipinski definition) is 0. The topological polar surface area (TPSA) is 42.0 Å². The van der Waals surface area contributed by atoms with Crippen molar-refractivity contribution in [3.05, 3.63) is 29.8 Å². The second kappa shape index (κ2) is 4.48. The van der Waals surface area contributed by atoms with Gasteiger partial charge in [-0.25, -0.2) is 0 Å². The summed E-state index contributed by atoms with van der Waals surface area (Å²) in [5, 5.41) is 1.67. The molecule has 3 rings (SSSR count). The number of rotatable bonds is 1. The summed E-state index contributed by atoms with van der Waals surface area (Å²) in [6.45, 7) is 10.1. The van der Waals surface area contributed by atoms with Crippen LogP contribution in [0.15, 0.2) is 24.3 Å². The van der Waals surface area contributed by atoms with Crippen molar-refractivity contribution in [3.63, 3.8) is 0 Å². The Labute approximate surface area is 125 Å². The van der Waals surface area contributed by atoms with Crippen LogP contribution >= 0.6 is 0 Å². The molecular formula is C15H21BN2O3. The molecule has 2 aliphatic rings. The second-order valence-corrected chi connectivity index (χ2v) is 6.61. The summed E-state index contributed by atoms with van der Waals surface area (Å²) < 4.78 is 12.2. The fraction of sp³-hybridized carbons (Fsp3) is 0.533. The highest BCUT2D eigenvalue weighted by atomic mass is 16.7. The van der Waals surface area contributed by atoms with Gasteiger partial charge in [0.25, 0.3) is 0 Å². The van der Waals surface area contributed by atoms with Gasteiger partial charge in [0.2, 0.25) is 5.91 Å². The first-order chi connectivity index (χ1) is 9.73. The Balaban J connectivity index is 1.98. The molecule has 1 saturated heterocycles. The molecule has 0 atom stereocenters. The number of carbonyl (C=O) groups is 1. The molecule has 0 unspecified atom stereocenters. The first kappa shape index (κ1) is 14.4. The van der Waals surface area contributed by atoms with Crippen LogP contribution in [0.5, 0.6) is 0 Å². The Kier molecular flexibility index (Phi) is 3.08. The third-order valence-corrected chi connectivity index (χ3v) is 4.62. The molecule has 0 saturated carbocycles. The standard InChI is InChI=1S/C15H21BN2O3/c1-11(19)17-10-12-8-6-7-9-13(12)18(17)16-20-14(2,3)15(4,5)21-16/h6-9H,10H2,1-5H3. The number of fused-ring (bicyclic) bond motifs is 1. The van der Waals surface area contributed by atoms with E-state index in [0.717, 1.165) is 11.3 Å². The van der Waals surface area contributed by atoms with Crippen LogP contribution in [-0.4, -0.2) is 29.4 Å². The number of benzene rings is 1. The van der Waals surface area contributed by atoms with Crippen molar-refractivity contribution < 1.29 is 14.1 Å². The van der Waals surface area contributed by atoms with Crippen LogP contribution in [0.4, 0.5) is 5.69 Å². The summed E-state index contributed by atoms with van der Waals surface area (Å²) in [6, 6.07) is 7.95. The SMILES string of the molecule is CC(=O)N1Cc2ccccc2N1B1OC(C)(C)C(C)(C)O1. The molecule has 0 bridgehead atoms. The summed E-state index contributed by atoms with van der Waals surface area (Å²) in [5.74, 6) is -0.0269. The van der Waals surface area contributed by atoms with E-state index in [-0.39, 0.29) is 5.91 Å². The number of hydrogen-bond acceptors (Lipinski definition) is 4. The van der Waals surface area contributed by atoms with Crippen LogP contribution in [-0.2, 0) is 20.6 Å². The molecule has 2 aliphatic heterocycles. The lowest BCUT2D eigenvalue weighted by Crippen LogP contribution is -2.52. The van der Waals surface area contributed by atoms with E-state index in [2.05, 4.69) is 0 Å². The lowest BCUT2D eigenvalue weighted by Gasteiger charge is -2.32. The van der Waals surface area contributed by atoms with Gasteiger partial charge in [0.15, 0.2) is 0 Å². The number of amides is 1. The second-order valence-electron chi connectivity index (χ2n) is 6.61. The molecule has 1 amide bonds. The summed E-state index contributed by atoms with van der Waals surface area (Å²) in [4.78, 5) is 13.8. The first-order valence-electron chi connectivity index (χ1n) is 7.24. The van der Waals surface area contributed by atoms with Crippen molar-refractivity contribution in [2.75, 3.05) is 4.92 Å². The number of hydrazine groups is 1. The van der Waals surface area contributed by atoms with E-state index in [9.17, 15) is 4.79 Å². The summed E-state index contributed by atoms with van der Waals surface area (Å²) in [5.41, 5.74) is 1.20. The predicted octanol–water partition coefficient (Wildman–Crippen LogP) is 2.36. The highest BCUT2D eigenvalue weighted by Crippen LogP contribution is 2.41. The van der Waals surface area contributed by atoms with E-state index in [1.807, 2.05) is 56.9 Å². The molecule has 1 fully saturated rings. The highest BCUT2D eigenvalue weighted by molar-refractivity contribution is 6.51. The van der Waals surface area contributed by atoms with Crippen LogP contribution in [0, 0.1) is 0 Å². The summed E-state index contributed by atoms with van der Waals surface area (Å²) in [6.07, 6.45) is 0. The summed E-state index contributed by atoms with van der Waals surface area (Å²) in [7, 11) is -0.595. The first-order valence-corrected chi connectivity index (χ1v) is 7.24. The fourth-order valence-corrected chi connectivity index (χ4v) is 2.64. The van der Waals surface area contributed by atoms with Gasteiger partial charge in [-0.15, -0.1) is 0 Å². The Hall–Kier alpha value is -1.53. The largest absolute Gasteiger partial charge is 0.614 e. The molecule has 6 heteroatoms. The molecule has 1 aromatic rings. The zero-order chi connectivity index (χ0) is 15.4. The fourth-order valence-electron chi connectivity index (χ4n) is 2.64. The van der Waals surface area contributed by atoms with E-state index in [1.165, 1.54) is 0 Å². The van der Waals surface area contributed by atoms with E-state index in [4.69, 9.17) is 9.31 Å². The Bertz CT molecular complexity index is 572. The van der Waals surface area contributed by atoms with E-state index >= 15 is 0 Å². The van der Waals surface area contributed by atoms with Gasteiger partial charge < -0.3 is 9.31 Å². The zero-order valence-electron chi connectivity index (χ0n) is 13.2. The van der Waals surface area contributed by atoms with Gasteiger partial charge in [0.05, 0.1) is 23.4 Å². The van der Waals surface area contributed by atoms with E-state index < -0.39 is 18.5 Å². The minimum absolute atomic E-state index is 0.0269. The van der Waals surface area contributed by atoms with Gasteiger partial charge in [0.1, 0.15) is 0 Å². The molecule has 0 aromatic heterocycles. The van der Waals surface area contributed by atoms with Crippen LogP contribution in [0.1, 0.15) is 40.2 Å². The minimum atomic E-state index is -0.595. The van der Waals surface area contributed by atoms with Gasteiger partial charge >= 0.3 is 7.25 Å². The van der Waals surface area contributed by atoms with Crippen LogP contribution in [0.25, 0.3) is 0 Å². The maximum Gasteiger partial charge on any atom is 0.614 e. The van der Waals surface area contributed by atoms with E-state index in [0.29, 0.717) is 6.54 Å². The number of carbonyl (C=O) groups excluding carboxylic acids is 1. The number of anilines is 1. The average molecular weight is 288 g/mol.